The minimum absolute atomic E-state index is 0. The number of aliphatic carboxylic acids is 2. The van der Waals surface area contributed by atoms with Crippen molar-refractivity contribution in [3.8, 4) is 0 Å². The maximum atomic E-state index is 10.4. The number of hydrogen-bond donors (Lipinski definition) is 0. The number of carbonyl (C=O) groups is 2. The smallest absolute Gasteiger partial charge is 0.545 e. The minimum Gasteiger partial charge on any atom is -0.545 e. The van der Waals surface area contributed by atoms with E-state index in [1.54, 1.807) is 0 Å². The van der Waals surface area contributed by atoms with Crippen molar-refractivity contribution in [2.45, 2.75) is 25.7 Å². The first-order valence-corrected chi connectivity index (χ1v) is 3.77. The summed E-state index contributed by atoms with van der Waals surface area (Å²) in [4.78, 5) is 20.8. The molecule has 6 heteroatoms. The van der Waals surface area contributed by atoms with Crippen molar-refractivity contribution in [2.75, 3.05) is 0 Å². The summed E-state index contributed by atoms with van der Waals surface area (Å²) in [6, 6.07) is 0. The zero-order valence-electron chi connectivity index (χ0n) is 7.06. The van der Waals surface area contributed by atoms with Crippen LogP contribution in [0.15, 0.2) is 11.1 Å². The van der Waals surface area contributed by atoms with Crippen LogP contribution in [0.3, 0.4) is 0 Å². The Hall–Kier alpha value is 0.161. The molecule has 0 N–H and O–H groups in total. The van der Waals surface area contributed by atoms with E-state index < -0.39 is 11.9 Å². The molecule has 0 aromatic heterocycles. The molecule has 0 aromatic rings. The summed E-state index contributed by atoms with van der Waals surface area (Å²) in [6.45, 7) is 0. The molecule has 1 aliphatic rings. The van der Waals surface area contributed by atoms with Gasteiger partial charge in [0.15, 0.2) is 0 Å². The molecular formula is C8H8Ag2O4. The summed E-state index contributed by atoms with van der Waals surface area (Å²) in [5, 5.41) is 20.8. The molecule has 0 saturated carbocycles. The van der Waals surface area contributed by atoms with E-state index in [1.807, 2.05) is 0 Å². The second kappa shape index (κ2) is 7.45. The zero-order valence-corrected chi connectivity index (χ0v) is 10.0. The molecule has 0 fully saturated rings. The van der Waals surface area contributed by atoms with E-state index in [2.05, 4.69) is 0 Å². The molecule has 0 amide bonds. The number of carboxylic acids is 2. The maximum Gasteiger partial charge on any atom is 1.00 e. The van der Waals surface area contributed by atoms with Gasteiger partial charge in [0.25, 0.3) is 0 Å². The van der Waals surface area contributed by atoms with Gasteiger partial charge in [0.05, 0.1) is 11.9 Å². The van der Waals surface area contributed by atoms with Crippen molar-refractivity contribution in [2.24, 2.45) is 0 Å². The molecule has 0 heterocycles. The fraction of sp³-hybridized carbons (Fsp3) is 0.500. The molecular weight excluding hydrogens is 376 g/mol. The summed E-state index contributed by atoms with van der Waals surface area (Å²) in [6.07, 6.45) is 1.98. The van der Waals surface area contributed by atoms with E-state index in [0.29, 0.717) is 12.8 Å². The fourth-order valence-corrected chi connectivity index (χ4v) is 1.36. The molecule has 0 aromatic carbocycles. The summed E-state index contributed by atoms with van der Waals surface area (Å²) in [7, 11) is 0. The Balaban J connectivity index is 0. The summed E-state index contributed by atoms with van der Waals surface area (Å²) < 4.78 is 0. The van der Waals surface area contributed by atoms with Crippen molar-refractivity contribution in [1.29, 1.82) is 0 Å². The number of rotatable bonds is 2. The topological polar surface area (TPSA) is 80.3 Å². The van der Waals surface area contributed by atoms with E-state index in [0.717, 1.165) is 0 Å². The number of carbonyl (C=O) groups excluding carboxylic acids is 2. The molecule has 86 valence electrons. The summed E-state index contributed by atoms with van der Waals surface area (Å²) in [5.74, 6) is -2.76. The third-order valence-corrected chi connectivity index (χ3v) is 1.96. The Kier molecular flexibility index (Phi) is 8.83. The van der Waals surface area contributed by atoms with Crippen LogP contribution in [0.2, 0.25) is 0 Å². The van der Waals surface area contributed by atoms with Gasteiger partial charge in [-0.1, -0.05) is 0 Å². The predicted molar refractivity (Wildman–Crippen MR) is 35.5 cm³/mol. The summed E-state index contributed by atoms with van der Waals surface area (Å²) in [5.41, 5.74) is -0.192. The van der Waals surface area contributed by atoms with E-state index >= 15 is 0 Å². The molecule has 4 nitrogen and oxygen atoms in total. The standard InChI is InChI=1S/C8H10O4.2Ag/c9-7(10)5-3-1-2-4-6(5)8(11)12;;/h1-4H2,(H,9,10)(H,11,12);;/q;2*+1/p-2. The first kappa shape index (κ1) is 16.6. The molecule has 0 bridgehead atoms. The largest absolute Gasteiger partial charge is 1.00 e. The average Bonchev–Trinajstić information content (AvgIpc) is 2.04. The van der Waals surface area contributed by atoms with Gasteiger partial charge in [0.1, 0.15) is 0 Å². The molecule has 0 aliphatic heterocycles. The predicted octanol–water partition coefficient (Wildman–Crippen LogP) is -1.65. The monoisotopic (exact) mass is 382 g/mol. The van der Waals surface area contributed by atoms with Gasteiger partial charge in [-0.3, -0.25) is 0 Å². The molecule has 1 aliphatic carbocycles. The normalized spacial score (nSPS) is 15.1. The van der Waals surface area contributed by atoms with E-state index in [-0.39, 0.29) is 68.7 Å². The van der Waals surface area contributed by atoms with Crippen LogP contribution >= 0.6 is 0 Å². The van der Waals surface area contributed by atoms with Gasteiger partial charge in [-0.15, -0.1) is 0 Å². The zero-order chi connectivity index (χ0) is 9.14. The average molecular weight is 384 g/mol. The Morgan fingerprint density at radius 3 is 1.36 bits per heavy atom. The van der Waals surface area contributed by atoms with E-state index in [9.17, 15) is 19.8 Å². The Bertz CT molecular complexity index is 234. The number of carboxylic acid groups (broad SMARTS) is 2. The van der Waals surface area contributed by atoms with Crippen LogP contribution in [-0.4, -0.2) is 11.9 Å². The first-order valence-electron chi connectivity index (χ1n) is 3.77. The van der Waals surface area contributed by atoms with Crippen molar-refractivity contribution in [1.82, 2.24) is 0 Å². The van der Waals surface area contributed by atoms with Gasteiger partial charge in [-0.05, 0) is 36.8 Å². The van der Waals surface area contributed by atoms with Crippen LogP contribution in [0, 0.1) is 0 Å². The Labute approximate surface area is 113 Å². The van der Waals surface area contributed by atoms with Gasteiger partial charge < -0.3 is 19.8 Å². The van der Waals surface area contributed by atoms with Crippen LogP contribution in [0.4, 0.5) is 0 Å². The molecule has 0 saturated heterocycles. The molecule has 1 rings (SSSR count). The van der Waals surface area contributed by atoms with Crippen LogP contribution in [0.5, 0.6) is 0 Å². The van der Waals surface area contributed by atoms with Gasteiger partial charge in [-0.2, -0.15) is 0 Å². The van der Waals surface area contributed by atoms with Gasteiger partial charge in [0.2, 0.25) is 0 Å². The van der Waals surface area contributed by atoms with Crippen molar-refractivity contribution in [3.05, 3.63) is 11.1 Å². The molecule has 0 atom stereocenters. The second-order valence-corrected chi connectivity index (χ2v) is 2.74. The number of hydrogen-bond acceptors (Lipinski definition) is 4. The Morgan fingerprint density at radius 1 is 0.857 bits per heavy atom. The quantitative estimate of drug-likeness (QED) is 0.535. The molecule has 0 radical (unpaired) electrons. The van der Waals surface area contributed by atoms with Crippen molar-refractivity contribution >= 4 is 11.9 Å². The second-order valence-electron chi connectivity index (χ2n) is 2.74. The minimum atomic E-state index is -1.38. The van der Waals surface area contributed by atoms with Gasteiger partial charge in [-0.25, -0.2) is 0 Å². The van der Waals surface area contributed by atoms with Crippen molar-refractivity contribution < 1.29 is 64.6 Å². The van der Waals surface area contributed by atoms with Crippen LogP contribution < -0.4 is 10.2 Å². The molecule has 0 unspecified atom stereocenters. The van der Waals surface area contributed by atoms with E-state index in [1.165, 1.54) is 0 Å². The fourth-order valence-electron chi connectivity index (χ4n) is 1.36. The molecule has 14 heavy (non-hydrogen) atoms. The van der Waals surface area contributed by atoms with Crippen LogP contribution in [-0.2, 0) is 54.3 Å². The summed E-state index contributed by atoms with van der Waals surface area (Å²) >= 11 is 0. The third kappa shape index (κ3) is 4.13. The molecule has 0 spiro atoms. The van der Waals surface area contributed by atoms with Crippen LogP contribution in [0.25, 0.3) is 0 Å². The van der Waals surface area contributed by atoms with Crippen molar-refractivity contribution in [3.63, 3.8) is 0 Å². The maximum absolute atomic E-state index is 10.4. The van der Waals surface area contributed by atoms with Gasteiger partial charge >= 0.3 is 44.8 Å². The third-order valence-electron chi connectivity index (χ3n) is 1.96. The Morgan fingerprint density at radius 2 is 1.14 bits per heavy atom. The van der Waals surface area contributed by atoms with E-state index in [4.69, 9.17) is 0 Å². The van der Waals surface area contributed by atoms with Gasteiger partial charge in [0, 0.05) is 0 Å². The SMILES string of the molecule is O=C([O-])C1=C(C(=O)[O-])CCCC1.[Ag+].[Ag+]. The first-order chi connectivity index (χ1) is 5.63. The van der Waals surface area contributed by atoms with Crippen LogP contribution in [0.1, 0.15) is 25.7 Å².